The maximum absolute atomic E-state index is 12.8. The Morgan fingerprint density at radius 2 is 1.94 bits per heavy atom. The van der Waals surface area contributed by atoms with Gasteiger partial charge in [-0.25, -0.2) is 9.98 Å². The Morgan fingerprint density at radius 3 is 2.63 bits per heavy atom. The molecule has 178 valence electrons. The Morgan fingerprint density at radius 1 is 1.17 bits per heavy atom. The number of aromatic amines is 1. The lowest BCUT2D eigenvalue weighted by molar-refractivity contribution is -0.141. The van der Waals surface area contributed by atoms with Gasteiger partial charge in [0.1, 0.15) is 17.1 Å². The Balaban J connectivity index is 1.48. The number of carbonyl (C=O) groups excluding carboxylic acids is 1. The van der Waals surface area contributed by atoms with Gasteiger partial charge in [0.2, 0.25) is 0 Å². The first-order chi connectivity index (χ1) is 16.7. The third kappa shape index (κ3) is 5.92. The minimum atomic E-state index is -4.61. The van der Waals surface area contributed by atoms with Gasteiger partial charge in [0.25, 0.3) is 5.91 Å². The lowest BCUT2D eigenvalue weighted by Gasteiger charge is -2.07. The molecule has 0 atom stereocenters. The molecule has 0 bridgehead atoms. The molecule has 0 unspecified atom stereocenters. The number of nitrogens with two attached hydrogens (primary N) is 1. The first-order valence-corrected chi connectivity index (χ1v) is 10.2. The van der Waals surface area contributed by atoms with Gasteiger partial charge in [-0.15, -0.1) is 0 Å². The van der Waals surface area contributed by atoms with Crippen molar-refractivity contribution in [1.29, 1.82) is 0 Å². The maximum atomic E-state index is 12.8. The number of amides is 1. The predicted octanol–water partition coefficient (Wildman–Crippen LogP) is 5.26. The smallest absolute Gasteiger partial charge is 0.424 e. The number of carbonyl (C=O) groups is 1. The van der Waals surface area contributed by atoms with E-state index in [-0.39, 0.29) is 22.9 Å². The molecule has 0 saturated carbocycles. The Bertz CT molecular complexity index is 1390. The quantitative estimate of drug-likeness (QED) is 0.296. The molecule has 1 amide bonds. The predicted molar refractivity (Wildman–Crippen MR) is 123 cm³/mol. The highest BCUT2D eigenvalue weighted by Gasteiger charge is 2.33. The van der Waals surface area contributed by atoms with Crippen molar-refractivity contribution in [2.24, 2.45) is 10.7 Å². The van der Waals surface area contributed by atoms with E-state index in [4.69, 9.17) is 22.1 Å². The van der Waals surface area contributed by atoms with E-state index in [0.29, 0.717) is 16.3 Å². The van der Waals surface area contributed by atoms with Crippen LogP contribution in [0.15, 0.2) is 65.8 Å². The SMILES string of the molecule is NC(=O)c1c(N=Cc2ccc(Oc3nccc(C(F)(F)F)n3)cc2)n[nH]c1Nc1cccc(Cl)c1. The fourth-order valence-corrected chi connectivity index (χ4v) is 3.06. The van der Waals surface area contributed by atoms with Crippen molar-refractivity contribution >= 4 is 41.0 Å². The highest BCUT2D eigenvalue weighted by molar-refractivity contribution is 6.30. The number of aliphatic imine (C=N–C) groups is 1. The van der Waals surface area contributed by atoms with E-state index < -0.39 is 23.8 Å². The van der Waals surface area contributed by atoms with Crippen LogP contribution in [0, 0.1) is 0 Å². The van der Waals surface area contributed by atoms with Gasteiger partial charge >= 0.3 is 12.2 Å². The van der Waals surface area contributed by atoms with E-state index >= 15 is 0 Å². The molecule has 4 N–H and O–H groups in total. The van der Waals surface area contributed by atoms with E-state index in [2.05, 4.69) is 30.5 Å². The third-order valence-corrected chi connectivity index (χ3v) is 4.67. The zero-order valence-corrected chi connectivity index (χ0v) is 18.3. The summed E-state index contributed by atoms with van der Waals surface area (Å²) in [6, 6.07) is 13.3. The molecule has 0 fully saturated rings. The van der Waals surface area contributed by atoms with Gasteiger partial charge < -0.3 is 15.8 Å². The van der Waals surface area contributed by atoms with Gasteiger partial charge in [-0.1, -0.05) is 17.7 Å². The van der Waals surface area contributed by atoms with Crippen LogP contribution in [0.5, 0.6) is 11.8 Å². The fourth-order valence-electron chi connectivity index (χ4n) is 2.87. The van der Waals surface area contributed by atoms with Crippen molar-refractivity contribution in [1.82, 2.24) is 20.2 Å². The first kappa shape index (κ1) is 23.7. The summed E-state index contributed by atoms with van der Waals surface area (Å²) in [7, 11) is 0. The van der Waals surface area contributed by atoms with Gasteiger partial charge in [-0.3, -0.25) is 9.89 Å². The number of hydrogen-bond acceptors (Lipinski definition) is 7. The minimum absolute atomic E-state index is 0.0443. The van der Waals surface area contributed by atoms with Crippen molar-refractivity contribution in [2.75, 3.05) is 5.32 Å². The van der Waals surface area contributed by atoms with E-state index in [1.54, 1.807) is 36.4 Å². The Kier molecular flexibility index (Phi) is 6.64. The highest BCUT2D eigenvalue weighted by atomic mass is 35.5. The number of nitrogens with zero attached hydrogens (tertiary/aromatic N) is 4. The van der Waals surface area contributed by atoms with Crippen LogP contribution in [0.4, 0.5) is 30.5 Å². The van der Waals surface area contributed by atoms with E-state index in [0.717, 1.165) is 12.3 Å². The van der Waals surface area contributed by atoms with Crippen LogP contribution < -0.4 is 15.8 Å². The third-order valence-electron chi connectivity index (χ3n) is 4.44. The van der Waals surface area contributed by atoms with Gasteiger partial charge in [0.15, 0.2) is 11.5 Å². The summed E-state index contributed by atoms with van der Waals surface area (Å²) >= 11 is 5.98. The number of ether oxygens (including phenoxy) is 1. The van der Waals surface area contributed by atoms with Crippen LogP contribution in [0.25, 0.3) is 0 Å². The average Bonchev–Trinajstić information content (AvgIpc) is 3.21. The van der Waals surface area contributed by atoms with E-state index in [1.165, 1.54) is 18.3 Å². The number of benzene rings is 2. The standard InChI is InChI=1S/C22H15ClF3N7O2/c23-13-2-1-3-14(10-13)30-20-17(18(27)34)19(32-33-20)29-11-12-4-6-15(7-5-12)35-21-28-9-8-16(31-21)22(24,25)26/h1-11H,(H2,27,34)(H2,30,32,33). The number of alkyl halides is 3. The van der Waals surface area contributed by atoms with Crippen molar-refractivity contribution in [3.05, 3.63) is 82.6 Å². The molecule has 4 aromatic rings. The van der Waals surface area contributed by atoms with Crippen LogP contribution >= 0.6 is 11.6 Å². The average molecular weight is 502 g/mol. The summed E-state index contributed by atoms with van der Waals surface area (Å²) in [4.78, 5) is 23.2. The molecule has 35 heavy (non-hydrogen) atoms. The molecule has 0 aliphatic rings. The molecule has 0 spiro atoms. The normalized spacial score (nSPS) is 11.5. The van der Waals surface area contributed by atoms with E-state index in [1.807, 2.05) is 0 Å². The number of primary amides is 1. The summed E-state index contributed by atoms with van der Waals surface area (Å²) in [5.41, 5.74) is 5.64. The number of aromatic nitrogens is 4. The lowest BCUT2D eigenvalue weighted by Crippen LogP contribution is -2.12. The topological polar surface area (TPSA) is 131 Å². The van der Waals surface area contributed by atoms with Crippen LogP contribution in [0.3, 0.4) is 0 Å². The Hall–Kier alpha value is -4.45. The van der Waals surface area contributed by atoms with Gasteiger partial charge in [-0.05, 0) is 54.1 Å². The summed E-state index contributed by atoms with van der Waals surface area (Å²) in [5.74, 6) is -0.233. The number of nitrogens with one attached hydrogen (secondary N) is 2. The van der Waals surface area contributed by atoms with Crippen molar-refractivity contribution in [2.45, 2.75) is 6.18 Å². The molecule has 0 radical (unpaired) electrons. The molecule has 0 aliphatic carbocycles. The zero-order chi connectivity index (χ0) is 25.0. The zero-order valence-electron chi connectivity index (χ0n) is 17.5. The van der Waals surface area contributed by atoms with E-state index in [9.17, 15) is 18.0 Å². The molecule has 13 heteroatoms. The maximum Gasteiger partial charge on any atom is 0.433 e. The molecule has 9 nitrogen and oxygen atoms in total. The van der Waals surface area contributed by atoms with Gasteiger partial charge in [-0.2, -0.15) is 23.3 Å². The number of anilines is 2. The summed E-state index contributed by atoms with van der Waals surface area (Å²) in [6.45, 7) is 0. The summed E-state index contributed by atoms with van der Waals surface area (Å²) in [5, 5.41) is 10.2. The molecule has 2 heterocycles. The molecule has 4 rings (SSSR count). The van der Waals surface area contributed by atoms with Crippen LogP contribution in [-0.4, -0.2) is 32.3 Å². The van der Waals surface area contributed by atoms with Crippen LogP contribution in [-0.2, 0) is 6.18 Å². The highest BCUT2D eigenvalue weighted by Crippen LogP contribution is 2.29. The van der Waals surface area contributed by atoms with Crippen molar-refractivity contribution in [3.8, 4) is 11.8 Å². The van der Waals surface area contributed by atoms with Crippen LogP contribution in [0.1, 0.15) is 21.6 Å². The van der Waals surface area contributed by atoms with Crippen molar-refractivity contribution in [3.63, 3.8) is 0 Å². The minimum Gasteiger partial charge on any atom is -0.424 e. The molecule has 0 aliphatic heterocycles. The Labute approximate surface area is 200 Å². The van der Waals surface area contributed by atoms with Gasteiger partial charge in [0, 0.05) is 23.1 Å². The van der Waals surface area contributed by atoms with Gasteiger partial charge in [0.05, 0.1) is 0 Å². The largest absolute Gasteiger partial charge is 0.433 e. The molecule has 0 saturated heterocycles. The van der Waals surface area contributed by atoms with Crippen LogP contribution in [0.2, 0.25) is 5.02 Å². The second-order valence-electron chi connectivity index (χ2n) is 6.95. The summed E-state index contributed by atoms with van der Waals surface area (Å²) < 4.78 is 43.6. The fraction of sp³-hybridized carbons (Fsp3) is 0.0455. The number of H-pyrrole nitrogens is 1. The first-order valence-electron chi connectivity index (χ1n) is 9.82. The lowest BCUT2D eigenvalue weighted by atomic mass is 10.2. The monoisotopic (exact) mass is 501 g/mol. The second kappa shape index (κ2) is 9.81. The molecule has 2 aromatic carbocycles. The summed E-state index contributed by atoms with van der Waals surface area (Å²) in [6.07, 6.45) is -2.22. The van der Waals surface area contributed by atoms with Crippen molar-refractivity contribution < 1.29 is 22.7 Å². The molecular weight excluding hydrogens is 487 g/mol. The second-order valence-corrected chi connectivity index (χ2v) is 7.38. The molecule has 2 aromatic heterocycles. The molecular formula is C22H15ClF3N7O2. The number of hydrogen-bond donors (Lipinski definition) is 3. The number of rotatable bonds is 7. The number of halogens is 4.